The van der Waals surface area contributed by atoms with Crippen molar-refractivity contribution in [1.29, 1.82) is 0 Å². The molecule has 1 aliphatic rings. The summed E-state index contributed by atoms with van der Waals surface area (Å²) in [4.78, 5) is 2.33. The van der Waals surface area contributed by atoms with Crippen molar-refractivity contribution in [3.63, 3.8) is 0 Å². The summed E-state index contributed by atoms with van der Waals surface area (Å²) < 4.78 is 0. The SMILES string of the molecule is CC(CCN)N1CCCC(O)C1. The van der Waals surface area contributed by atoms with Crippen LogP contribution in [0.2, 0.25) is 0 Å². The van der Waals surface area contributed by atoms with Gasteiger partial charge in [-0.3, -0.25) is 4.90 Å². The Morgan fingerprint density at radius 2 is 2.42 bits per heavy atom. The van der Waals surface area contributed by atoms with E-state index in [2.05, 4.69) is 11.8 Å². The van der Waals surface area contributed by atoms with E-state index in [9.17, 15) is 5.11 Å². The molecule has 3 heteroatoms. The first-order valence-corrected chi connectivity index (χ1v) is 4.86. The smallest absolute Gasteiger partial charge is 0.0667 e. The number of β-amino-alcohol motifs (C(OH)–C–C–N with tert-alkyl or cyclic N) is 1. The Hall–Kier alpha value is -0.120. The molecule has 0 aromatic rings. The van der Waals surface area contributed by atoms with Gasteiger partial charge in [0.05, 0.1) is 6.10 Å². The van der Waals surface area contributed by atoms with Crippen molar-refractivity contribution < 1.29 is 5.11 Å². The van der Waals surface area contributed by atoms with Gasteiger partial charge in [0.2, 0.25) is 0 Å². The molecule has 0 aromatic carbocycles. The van der Waals surface area contributed by atoms with Gasteiger partial charge >= 0.3 is 0 Å². The zero-order chi connectivity index (χ0) is 8.97. The first-order valence-electron chi connectivity index (χ1n) is 4.86. The van der Waals surface area contributed by atoms with Crippen molar-refractivity contribution in [2.75, 3.05) is 19.6 Å². The predicted molar refractivity (Wildman–Crippen MR) is 49.9 cm³/mol. The summed E-state index contributed by atoms with van der Waals surface area (Å²) in [5, 5.41) is 9.42. The van der Waals surface area contributed by atoms with Crippen LogP contribution in [0.1, 0.15) is 26.2 Å². The van der Waals surface area contributed by atoms with Gasteiger partial charge < -0.3 is 10.8 Å². The van der Waals surface area contributed by atoms with Crippen LogP contribution in [0.3, 0.4) is 0 Å². The summed E-state index contributed by atoms with van der Waals surface area (Å²) in [6.45, 7) is 4.89. The third-order valence-electron chi connectivity index (χ3n) is 2.64. The van der Waals surface area contributed by atoms with Crippen LogP contribution in [0.25, 0.3) is 0 Å². The summed E-state index contributed by atoms with van der Waals surface area (Å²) >= 11 is 0. The molecule has 2 atom stereocenters. The zero-order valence-electron chi connectivity index (χ0n) is 7.87. The van der Waals surface area contributed by atoms with Gasteiger partial charge in [0.15, 0.2) is 0 Å². The predicted octanol–water partition coefficient (Wildman–Crippen LogP) is 0.180. The normalized spacial score (nSPS) is 28.8. The fourth-order valence-corrected chi connectivity index (χ4v) is 1.81. The van der Waals surface area contributed by atoms with Gasteiger partial charge in [-0.25, -0.2) is 0 Å². The van der Waals surface area contributed by atoms with Gasteiger partial charge in [0.25, 0.3) is 0 Å². The van der Waals surface area contributed by atoms with Crippen molar-refractivity contribution >= 4 is 0 Å². The van der Waals surface area contributed by atoms with Gasteiger partial charge in [-0.1, -0.05) is 0 Å². The molecule has 2 unspecified atom stereocenters. The van der Waals surface area contributed by atoms with E-state index in [4.69, 9.17) is 5.73 Å². The Morgan fingerprint density at radius 3 is 3.00 bits per heavy atom. The van der Waals surface area contributed by atoms with Crippen LogP contribution in [0.5, 0.6) is 0 Å². The lowest BCUT2D eigenvalue weighted by Crippen LogP contribution is -2.44. The summed E-state index contributed by atoms with van der Waals surface area (Å²) in [5.74, 6) is 0. The number of nitrogens with two attached hydrogens (primary N) is 1. The number of rotatable bonds is 3. The highest BCUT2D eigenvalue weighted by atomic mass is 16.3. The van der Waals surface area contributed by atoms with Gasteiger partial charge in [-0.15, -0.1) is 0 Å². The molecule has 0 radical (unpaired) electrons. The average molecular weight is 172 g/mol. The van der Waals surface area contributed by atoms with Crippen LogP contribution < -0.4 is 5.73 Å². The molecule has 12 heavy (non-hydrogen) atoms. The van der Waals surface area contributed by atoms with Crippen LogP contribution in [0.15, 0.2) is 0 Å². The number of nitrogens with zero attached hydrogens (tertiary/aromatic N) is 1. The topological polar surface area (TPSA) is 49.5 Å². The lowest BCUT2D eigenvalue weighted by Gasteiger charge is -2.34. The zero-order valence-corrected chi connectivity index (χ0v) is 7.87. The number of piperidine rings is 1. The summed E-state index contributed by atoms with van der Waals surface area (Å²) in [6, 6.07) is 0.532. The third kappa shape index (κ3) is 2.73. The second-order valence-corrected chi connectivity index (χ2v) is 3.72. The lowest BCUT2D eigenvalue weighted by molar-refractivity contribution is 0.0492. The van der Waals surface area contributed by atoms with E-state index in [1.807, 2.05) is 0 Å². The van der Waals surface area contributed by atoms with Crippen LogP contribution in [0.4, 0.5) is 0 Å². The van der Waals surface area contributed by atoms with E-state index in [1.54, 1.807) is 0 Å². The van der Waals surface area contributed by atoms with E-state index >= 15 is 0 Å². The minimum atomic E-state index is -0.112. The molecule has 0 aliphatic carbocycles. The minimum Gasteiger partial charge on any atom is -0.392 e. The van der Waals surface area contributed by atoms with Crippen molar-refractivity contribution in [3.8, 4) is 0 Å². The summed E-state index contributed by atoms with van der Waals surface area (Å²) in [5.41, 5.74) is 5.48. The van der Waals surface area contributed by atoms with Gasteiger partial charge in [-0.2, -0.15) is 0 Å². The second kappa shape index (κ2) is 4.80. The fraction of sp³-hybridized carbons (Fsp3) is 1.00. The van der Waals surface area contributed by atoms with Gasteiger partial charge in [0, 0.05) is 12.6 Å². The largest absolute Gasteiger partial charge is 0.392 e. The standard InChI is InChI=1S/C9H20N2O/c1-8(4-5-10)11-6-2-3-9(12)7-11/h8-9,12H,2-7,10H2,1H3. The Balaban J connectivity index is 2.29. The molecule has 1 rings (SSSR count). The van der Waals surface area contributed by atoms with Crippen molar-refractivity contribution in [1.82, 2.24) is 4.90 Å². The van der Waals surface area contributed by atoms with Crippen molar-refractivity contribution in [2.24, 2.45) is 5.73 Å². The molecule has 0 saturated carbocycles. The minimum absolute atomic E-state index is 0.112. The lowest BCUT2D eigenvalue weighted by atomic mass is 10.1. The van der Waals surface area contributed by atoms with Crippen LogP contribution in [-0.2, 0) is 0 Å². The molecule has 0 aromatic heterocycles. The number of aliphatic hydroxyl groups is 1. The molecule has 0 amide bonds. The Bertz CT molecular complexity index is 130. The second-order valence-electron chi connectivity index (χ2n) is 3.72. The van der Waals surface area contributed by atoms with E-state index in [0.29, 0.717) is 6.04 Å². The molecule has 1 saturated heterocycles. The molecule has 3 nitrogen and oxygen atoms in total. The molecule has 3 N–H and O–H groups in total. The molecule has 0 spiro atoms. The molecule has 72 valence electrons. The van der Waals surface area contributed by atoms with Crippen molar-refractivity contribution in [2.45, 2.75) is 38.3 Å². The highest BCUT2D eigenvalue weighted by Gasteiger charge is 2.20. The molecular formula is C9H20N2O. The highest BCUT2D eigenvalue weighted by Crippen LogP contribution is 2.13. The summed E-state index contributed by atoms with van der Waals surface area (Å²) in [6.07, 6.45) is 3.01. The highest BCUT2D eigenvalue weighted by molar-refractivity contribution is 4.76. The van der Waals surface area contributed by atoms with Crippen LogP contribution in [-0.4, -0.2) is 41.8 Å². The molecule has 1 heterocycles. The number of aliphatic hydroxyl groups excluding tert-OH is 1. The van der Waals surface area contributed by atoms with Crippen LogP contribution >= 0.6 is 0 Å². The maximum absolute atomic E-state index is 9.42. The van der Waals surface area contributed by atoms with E-state index in [0.717, 1.165) is 38.9 Å². The average Bonchev–Trinajstić information content (AvgIpc) is 2.05. The fourth-order valence-electron chi connectivity index (χ4n) is 1.81. The van der Waals surface area contributed by atoms with E-state index < -0.39 is 0 Å². The molecule has 0 bridgehead atoms. The molecule has 1 fully saturated rings. The molecule has 1 aliphatic heterocycles. The maximum atomic E-state index is 9.42. The number of likely N-dealkylation sites (tertiary alicyclic amines) is 1. The van der Waals surface area contributed by atoms with Gasteiger partial charge in [0.1, 0.15) is 0 Å². The first-order chi connectivity index (χ1) is 5.74. The van der Waals surface area contributed by atoms with E-state index in [-0.39, 0.29) is 6.10 Å². The van der Waals surface area contributed by atoms with E-state index in [1.165, 1.54) is 0 Å². The Morgan fingerprint density at radius 1 is 1.67 bits per heavy atom. The third-order valence-corrected chi connectivity index (χ3v) is 2.64. The summed E-state index contributed by atoms with van der Waals surface area (Å²) in [7, 11) is 0. The maximum Gasteiger partial charge on any atom is 0.0667 e. The molecular weight excluding hydrogens is 152 g/mol. The quantitative estimate of drug-likeness (QED) is 0.638. The van der Waals surface area contributed by atoms with Crippen LogP contribution in [0, 0.1) is 0 Å². The number of hydrogen-bond donors (Lipinski definition) is 2. The Kier molecular flexibility index (Phi) is 3.98. The van der Waals surface area contributed by atoms with Crippen molar-refractivity contribution in [3.05, 3.63) is 0 Å². The number of hydrogen-bond acceptors (Lipinski definition) is 3. The first kappa shape index (κ1) is 9.96. The monoisotopic (exact) mass is 172 g/mol. The van der Waals surface area contributed by atoms with Gasteiger partial charge in [-0.05, 0) is 39.3 Å². The Labute approximate surface area is 74.5 Å².